The predicted octanol–water partition coefficient (Wildman–Crippen LogP) is 5.96. The maximum Gasteiger partial charge on any atom is 0.291 e. The number of rotatable bonds is 6. The fourth-order valence-corrected chi connectivity index (χ4v) is 3.83. The maximum absolute atomic E-state index is 12.5. The number of carbonyl (C=O) groups excluding carboxylic acids is 2. The molecular weight excluding hydrogens is 419 g/mol. The highest BCUT2D eigenvalue weighted by molar-refractivity contribution is 8.00. The first-order valence-electron chi connectivity index (χ1n) is 8.29. The maximum atomic E-state index is 12.5. The van der Waals surface area contributed by atoms with Crippen LogP contribution in [0.5, 0.6) is 0 Å². The number of thioether (sulfide) groups is 1. The van der Waals surface area contributed by atoms with Gasteiger partial charge in [0, 0.05) is 26.3 Å². The zero-order chi connectivity index (χ0) is 20.1. The van der Waals surface area contributed by atoms with Gasteiger partial charge in [-0.05, 0) is 55.5 Å². The zero-order valence-corrected chi connectivity index (χ0v) is 17.1. The van der Waals surface area contributed by atoms with Crippen LogP contribution in [0.15, 0.2) is 70.2 Å². The summed E-state index contributed by atoms with van der Waals surface area (Å²) in [7, 11) is 0. The number of carbonyl (C=O) groups is 2. The molecule has 0 saturated heterocycles. The summed E-state index contributed by atoms with van der Waals surface area (Å²) in [5, 5.41) is 6.08. The standard InChI is InChI=1S/C20H16Cl2N2O3S/c1-12(19(25)24-16-9-13(21)8-14(22)10-16)28-17-5-2-4-15(11-17)23-20(26)18-6-3-7-27-18/h2-12H,1H3,(H,23,26)(H,24,25). The topological polar surface area (TPSA) is 71.3 Å². The van der Waals surface area contributed by atoms with Gasteiger partial charge in [-0.1, -0.05) is 29.3 Å². The van der Waals surface area contributed by atoms with E-state index in [2.05, 4.69) is 10.6 Å². The van der Waals surface area contributed by atoms with Crippen molar-refractivity contribution in [3.63, 3.8) is 0 Å². The van der Waals surface area contributed by atoms with Crippen LogP contribution in [0.25, 0.3) is 0 Å². The number of nitrogens with one attached hydrogen (secondary N) is 2. The van der Waals surface area contributed by atoms with Crippen LogP contribution < -0.4 is 10.6 Å². The lowest BCUT2D eigenvalue weighted by Gasteiger charge is -2.13. The molecule has 0 aliphatic heterocycles. The minimum absolute atomic E-state index is 0.187. The Morgan fingerprint density at radius 1 is 0.964 bits per heavy atom. The van der Waals surface area contributed by atoms with Crippen molar-refractivity contribution < 1.29 is 14.0 Å². The van der Waals surface area contributed by atoms with Gasteiger partial charge in [-0.25, -0.2) is 0 Å². The molecule has 0 saturated carbocycles. The van der Waals surface area contributed by atoms with Crippen LogP contribution in [0.2, 0.25) is 10.0 Å². The molecule has 0 radical (unpaired) electrons. The lowest BCUT2D eigenvalue weighted by molar-refractivity contribution is -0.115. The molecular formula is C20H16Cl2N2O3S. The third kappa shape index (κ3) is 5.55. The molecule has 0 spiro atoms. The van der Waals surface area contributed by atoms with Crippen molar-refractivity contribution in [3.8, 4) is 0 Å². The second-order valence-electron chi connectivity index (χ2n) is 5.87. The Kier molecular flexibility index (Phi) is 6.67. The van der Waals surface area contributed by atoms with E-state index in [9.17, 15) is 9.59 Å². The highest BCUT2D eigenvalue weighted by Gasteiger charge is 2.16. The molecule has 3 rings (SSSR count). The monoisotopic (exact) mass is 434 g/mol. The lowest BCUT2D eigenvalue weighted by atomic mass is 10.3. The molecule has 2 N–H and O–H groups in total. The highest BCUT2D eigenvalue weighted by atomic mass is 35.5. The molecule has 0 fully saturated rings. The molecule has 28 heavy (non-hydrogen) atoms. The average Bonchev–Trinajstić information content (AvgIpc) is 3.16. The largest absolute Gasteiger partial charge is 0.459 e. The van der Waals surface area contributed by atoms with Gasteiger partial charge >= 0.3 is 0 Å². The number of benzene rings is 2. The van der Waals surface area contributed by atoms with E-state index < -0.39 is 0 Å². The molecule has 0 aliphatic rings. The van der Waals surface area contributed by atoms with E-state index in [1.165, 1.54) is 18.0 Å². The Morgan fingerprint density at radius 3 is 2.39 bits per heavy atom. The van der Waals surface area contributed by atoms with E-state index >= 15 is 0 Å². The van der Waals surface area contributed by atoms with Crippen LogP contribution in [0.3, 0.4) is 0 Å². The smallest absolute Gasteiger partial charge is 0.291 e. The molecule has 0 aliphatic carbocycles. The quantitative estimate of drug-likeness (QED) is 0.469. The van der Waals surface area contributed by atoms with E-state index in [1.807, 2.05) is 6.07 Å². The summed E-state index contributed by atoms with van der Waals surface area (Å²) in [6, 6.07) is 15.3. The third-order valence-electron chi connectivity index (χ3n) is 3.65. The summed E-state index contributed by atoms with van der Waals surface area (Å²) >= 11 is 13.3. The van der Waals surface area contributed by atoms with Crippen molar-refractivity contribution >= 4 is 58.2 Å². The molecule has 144 valence electrons. The van der Waals surface area contributed by atoms with Crippen LogP contribution in [0, 0.1) is 0 Å². The van der Waals surface area contributed by atoms with Crippen molar-refractivity contribution in [1.82, 2.24) is 0 Å². The van der Waals surface area contributed by atoms with Crippen molar-refractivity contribution in [2.75, 3.05) is 10.6 Å². The van der Waals surface area contributed by atoms with Crippen molar-refractivity contribution in [2.24, 2.45) is 0 Å². The molecule has 1 heterocycles. The number of hydrogen-bond donors (Lipinski definition) is 2. The van der Waals surface area contributed by atoms with E-state index in [0.29, 0.717) is 21.4 Å². The average molecular weight is 435 g/mol. The van der Waals surface area contributed by atoms with Crippen LogP contribution in [-0.2, 0) is 4.79 Å². The Morgan fingerprint density at radius 2 is 1.71 bits per heavy atom. The number of halogens is 2. The van der Waals surface area contributed by atoms with Gasteiger partial charge in [0.2, 0.25) is 5.91 Å². The number of furan rings is 1. The Hall–Kier alpha value is -2.41. The predicted molar refractivity (Wildman–Crippen MR) is 114 cm³/mol. The Balaban J connectivity index is 1.62. The first-order chi connectivity index (χ1) is 13.4. The molecule has 2 aromatic carbocycles. The fourth-order valence-electron chi connectivity index (χ4n) is 2.38. The molecule has 1 unspecified atom stereocenters. The van der Waals surface area contributed by atoms with Crippen LogP contribution in [0.4, 0.5) is 11.4 Å². The van der Waals surface area contributed by atoms with E-state index in [-0.39, 0.29) is 22.8 Å². The zero-order valence-electron chi connectivity index (χ0n) is 14.7. The highest BCUT2D eigenvalue weighted by Crippen LogP contribution is 2.28. The summed E-state index contributed by atoms with van der Waals surface area (Å²) in [6.07, 6.45) is 1.44. The second kappa shape index (κ2) is 9.19. The Bertz CT molecular complexity index is 973. The fraction of sp³-hybridized carbons (Fsp3) is 0.100. The minimum atomic E-state index is -0.381. The van der Waals surface area contributed by atoms with Gasteiger partial charge in [0.15, 0.2) is 5.76 Å². The molecule has 2 amide bonds. The van der Waals surface area contributed by atoms with E-state index in [0.717, 1.165) is 4.90 Å². The van der Waals surface area contributed by atoms with Crippen LogP contribution in [-0.4, -0.2) is 17.1 Å². The summed E-state index contributed by atoms with van der Waals surface area (Å²) in [5.41, 5.74) is 1.15. The van der Waals surface area contributed by atoms with Gasteiger partial charge in [-0.15, -0.1) is 11.8 Å². The number of hydrogen-bond acceptors (Lipinski definition) is 4. The normalized spacial score (nSPS) is 11.7. The molecule has 5 nitrogen and oxygen atoms in total. The third-order valence-corrected chi connectivity index (χ3v) is 5.18. The summed E-state index contributed by atoms with van der Waals surface area (Å²) in [5.74, 6) is -0.296. The van der Waals surface area contributed by atoms with Crippen LogP contribution >= 0.6 is 35.0 Å². The Labute approximate surface area is 176 Å². The van der Waals surface area contributed by atoms with E-state index in [4.69, 9.17) is 27.6 Å². The number of amides is 2. The van der Waals surface area contributed by atoms with Crippen molar-refractivity contribution in [3.05, 3.63) is 76.7 Å². The van der Waals surface area contributed by atoms with E-state index in [1.54, 1.807) is 55.5 Å². The summed E-state index contributed by atoms with van der Waals surface area (Å²) in [4.78, 5) is 25.4. The van der Waals surface area contributed by atoms with Gasteiger partial charge < -0.3 is 15.1 Å². The first kappa shape index (κ1) is 20.3. The van der Waals surface area contributed by atoms with Gasteiger partial charge in [-0.2, -0.15) is 0 Å². The molecule has 0 bridgehead atoms. The molecule has 1 aromatic heterocycles. The number of anilines is 2. The van der Waals surface area contributed by atoms with Gasteiger partial charge in [0.25, 0.3) is 5.91 Å². The van der Waals surface area contributed by atoms with Gasteiger partial charge in [0.05, 0.1) is 11.5 Å². The van der Waals surface area contributed by atoms with Gasteiger partial charge in [0.1, 0.15) is 0 Å². The first-order valence-corrected chi connectivity index (χ1v) is 9.93. The second-order valence-corrected chi connectivity index (χ2v) is 8.15. The van der Waals surface area contributed by atoms with Crippen LogP contribution in [0.1, 0.15) is 17.5 Å². The van der Waals surface area contributed by atoms with Crippen molar-refractivity contribution in [2.45, 2.75) is 17.1 Å². The van der Waals surface area contributed by atoms with Crippen molar-refractivity contribution in [1.29, 1.82) is 0 Å². The molecule has 1 atom stereocenters. The summed E-state index contributed by atoms with van der Waals surface area (Å²) in [6.45, 7) is 1.79. The summed E-state index contributed by atoms with van der Waals surface area (Å²) < 4.78 is 5.08. The SMILES string of the molecule is CC(Sc1cccc(NC(=O)c2ccco2)c1)C(=O)Nc1cc(Cl)cc(Cl)c1. The minimum Gasteiger partial charge on any atom is -0.459 e. The molecule has 3 aromatic rings. The van der Waals surface area contributed by atoms with Gasteiger partial charge in [-0.3, -0.25) is 9.59 Å². The molecule has 8 heteroatoms. The lowest BCUT2D eigenvalue weighted by Crippen LogP contribution is -2.22.